The lowest BCUT2D eigenvalue weighted by molar-refractivity contribution is -0.387. The second kappa shape index (κ2) is 7.40. The number of esters is 1. The third-order valence-corrected chi connectivity index (χ3v) is 6.70. The first-order valence-corrected chi connectivity index (χ1v) is 10.5. The largest absolute Gasteiger partial charge is 0.459 e. The maximum atomic E-state index is 12.5. The third kappa shape index (κ3) is 4.02. The van der Waals surface area contributed by atoms with Gasteiger partial charge in [-0.3, -0.25) is 19.7 Å². The normalized spacial score (nSPS) is 25.9. The fraction of sp³-hybridized carbons (Fsp3) is 0.500. The molecule has 2 aliphatic rings. The van der Waals surface area contributed by atoms with Gasteiger partial charge in [0.05, 0.1) is 10.3 Å². The number of nitro groups is 1. The molecule has 0 spiro atoms. The monoisotopic (exact) mass is 423 g/mol. The Morgan fingerprint density at radius 1 is 1.43 bits per heavy atom. The van der Waals surface area contributed by atoms with Gasteiger partial charge in [-0.25, -0.2) is 4.40 Å². The van der Waals surface area contributed by atoms with Gasteiger partial charge in [0.1, 0.15) is 21.6 Å². The Balaban J connectivity index is 1.70. The number of para-hydroxylation sites is 1. The molecule has 28 heavy (non-hydrogen) atoms. The van der Waals surface area contributed by atoms with E-state index in [1.807, 2.05) is 20.8 Å². The molecule has 1 unspecified atom stereocenters. The van der Waals surface area contributed by atoms with Gasteiger partial charge < -0.3 is 9.64 Å². The Hall–Kier alpha value is -2.07. The van der Waals surface area contributed by atoms with E-state index in [9.17, 15) is 19.7 Å². The van der Waals surface area contributed by atoms with E-state index in [4.69, 9.17) is 4.74 Å². The van der Waals surface area contributed by atoms with Crippen molar-refractivity contribution in [1.29, 1.82) is 0 Å². The van der Waals surface area contributed by atoms with E-state index < -0.39 is 15.9 Å². The molecule has 3 rings (SSSR count). The second-order valence-corrected chi connectivity index (χ2v) is 9.83. The molecule has 0 saturated carbocycles. The van der Waals surface area contributed by atoms with Crippen LogP contribution in [0.3, 0.4) is 0 Å². The highest BCUT2D eigenvalue weighted by atomic mass is 32.2. The minimum atomic E-state index is -0.777. The minimum absolute atomic E-state index is 0.0470. The van der Waals surface area contributed by atoms with Gasteiger partial charge in [-0.1, -0.05) is 12.1 Å². The Bertz CT molecular complexity index is 867. The number of rotatable bonds is 4. The molecule has 2 fully saturated rings. The maximum absolute atomic E-state index is 12.5. The fourth-order valence-corrected chi connectivity index (χ4v) is 5.05. The number of benzene rings is 1. The van der Waals surface area contributed by atoms with Crippen LogP contribution in [-0.4, -0.2) is 50.7 Å². The van der Waals surface area contributed by atoms with Crippen LogP contribution in [0.1, 0.15) is 27.7 Å². The number of amides is 1. The van der Waals surface area contributed by atoms with Crippen molar-refractivity contribution >= 4 is 47.0 Å². The van der Waals surface area contributed by atoms with E-state index in [0.29, 0.717) is 16.4 Å². The molecule has 2 heterocycles. The van der Waals surface area contributed by atoms with Gasteiger partial charge in [-0.15, -0.1) is 11.8 Å². The number of nitro benzene ring substituents is 1. The summed E-state index contributed by atoms with van der Waals surface area (Å²) in [5.41, 5.74) is -1.05. The number of hydrogen-bond donors (Lipinski definition) is 0. The smallest absolute Gasteiger partial charge is 0.314 e. The second-order valence-electron chi connectivity index (χ2n) is 7.95. The zero-order valence-electron chi connectivity index (χ0n) is 16.0. The zero-order chi connectivity index (χ0) is 20.7. The Morgan fingerprint density at radius 2 is 2.11 bits per heavy atom. The number of carbonyl (C=O) groups is 2. The summed E-state index contributed by atoms with van der Waals surface area (Å²) in [6, 6.07) is 6.27. The highest BCUT2D eigenvalue weighted by molar-refractivity contribution is 8.01. The van der Waals surface area contributed by atoms with Crippen LogP contribution in [0.2, 0.25) is 0 Å². The topological polar surface area (TPSA) is 102 Å². The Labute approximate surface area is 171 Å². The predicted molar refractivity (Wildman–Crippen MR) is 108 cm³/mol. The van der Waals surface area contributed by atoms with E-state index >= 15 is 0 Å². The van der Waals surface area contributed by atoms with Crippen molar-refractivity contribution in [2.45, 2.75) is 43.6 Å². The van der Waals surface area contributed by atoms with E-state index in [-0.39, 0.29) is 29.5 Å². The SMILES string of the molecule is CC(C)(C)OC(=O)C1(C)CS[C@@H]2C(=NSc3ccccc3[N+](=O)[O-])C(=O)N2C1. The van der Waals surface area contributed by atoms with Crippen molar-refractivity contribution in [3.8, 4) is 0 Å². The molecule has 150 valence electrons. The van der Waals surface area contributed by atoms with Crippen molar-refractivity contribution in [2.24, 2.45) is 9.81 Å². The lowest BCUT2D eigenvalue weighted by Crippen LogP contribution is -2.67. The lowest BCUT2D eigenvalue weighted by atomic mass is 9.90. The van der Waals surface area contributed by atoms with Crippen molar-refractivity contribution in [2.75, 3.05) is 12.3 Å². The Kier molecular flexibility index (Phi) is 5.46. The molecule has 1 aromatic rings. The van der Waals surface area contributed by atoms with Crippen LogP contribution < -0.4 is 0 Å². The van der Waals surface area contributed by atoms with Gasteiger partial charge in [0, 0.05) is 30.3 Å². The number of β-lactam (4-membered cyclic amide) rings is 1. The average molecular weight is 424 g/mol. The first-order chi connectivity index (χ1) is 13.0. The van der Waals surface area contributed by atoms with Crippen LogP contribution in [-0.2, 0) is 14.3 Å². The summed E-state index contributed by atoms with van der Waals surface area (Å²) in [6.45, 7) is 7.51. The van der Waals surface area contributed by atoms with Gasteiger partial charge in [0.25, 0.3) is 11.6 Å². The molecule has 2 aliphatic heterocycles. The summed E-state index contributed by atoms with van der Waals surface area (Å²) in [5.74, 6) is -0.0672. The molecule has 2 atom stereocenters. The molecule has 2 saturated heterocycles. The quantitative estimate of drug-likeness (QED) is 0.241. The maximum Gasteiger partial charge on any atom is 0.314 e. The van der Waals surface area contributed by atoms with Crippen molar-refractivity contribution in [1.82, 2.24) is 4.90 Å². The van der Waals surface area contributed by atoms with Gasteiger partial charge in [-0.05, 0) is 33.8 Å². The summed E-state index contributed by atoms with van der Waals surface area (Å²) in [7, 11) is 0. The number of nitrogens with zero attached hydrogens (tertiary/aromatic N) is 3. The van der Waals surface area contributed by atoms with Gasteiger partial charge >= 0.3 is 5.97 Å². The molecule has 0 aliphatic carbocycles. The van der Waals surface area contributed by atoms with Crippen LogP contribution in [0.4, 0.5) is 5.69 Å². The summed E-state index contributed by atoms with van der Waals surface area (Å²) >= 11 is 2.38. The van der Waals surface area contributed by atoms with Gasteiger partial charge in [0.15, 0.2) is 0 Å². The molecule has 8 nitrogen and oxygen atoms in total. The molecule has 1 aromatic carbocycles. The zero-order valence-corrected chi connectivity index (χ0v) is 17.6. The molecule has 10 heteroatoms. The first kappa shape index (κ1) is 20.7. The van der Waals surface area contributed by atoms with Crippen LogP contribution in [0.25, 0.3) is 0 Å². The minimum Gasteiger partial charge on any atom is -0.459 e. The number of hydrogen-bond acceptors (Lipinski definition) is 8. The first-order valence-electron chi connectivity index (χ1n) is 8.66. The molecule has 1 amide bonds. The fourth-order valence-electron chi connectivity index (χ4n) is 2.84. The molecule has 0 radical (unpaired) electrons. The number of fused-ring (bicyclic) bond motifs is 1. The highest BCUT2D eigenvalue weighted by Crippen LogP contribution is 2.42. The molecule has 0 bridgehead atoms. The molecular formula is C18H21N3O5S2. The van der Waals surface area contributed by atoms with E-state index in [0.717, 1.165) is 11.9 Å². The van der Waals surface area contributed by atoms with Crippen molar-refractivity contribution in [3.05, 3.63) is 34.4 Å². The number of carbonyl (C=O) groups excluding carboxylic acids is 2. The van der Waals surface area contributed by atoms with Crippen LogP contribution >= 0.6 is 23.7 Å². The summed E-state index contributed by atoms with van der Waals surface area (Å²) in [6.07, 6.45) is 0. The van der Waals surface area contributed by atoms with Gasteiger partial charge in [0.2, 0.25) is 0 Å². The van der Waals surface area contributed by atoms with Crippen molar-refractivity contribution < 1.29 is 19.2 Å². The Morgan fingerprint density at radius 3 is 2.75 bits per heavy atom. The van der Waals surface area contributed by atoms with E-state index in [1.54, 1.807) is 30.0 Å². The average Bonchev–Trinajstić information content (AvgIpc) is 2.61. The van der Waals surface area contributed by atoms with Crippen molar-refractivity contribution in [3.63, 3.8) is 0 Å². The van der Waals surface area contributed by atoms with Gasteiger partial charge in [-0.2, -0.15) is 0 Å². The predicted octanol–water partition coefficient (Wildman–Crippen LogP) is 3.31. The van der Waals surface area contributed by atoms with Crippen LogP contribution in [0.15, 0.2) is 33.6 Å². The van der Waals surface area contributed by atoms with Crippen LogP contribution in [0, 0.1) is 15.5 Å². The number of ether oxygens (including phenoxy) is 1. The standard InChI is InChI=1S/C18H21N3O5S2/c1-17(2,3)26-16(23)18(4)9-20-14(22)13(15(20)27-10-18)19-28-12-8-6-5-7-11(12)21(24)25/h5-8,15H,9-10H2,1-4H3/t15-,18?/m1/s1. The molecular weight excluding hydrogens is 402 g/mol. The number of thioether (sulfide) groups is 1. The van der Waals surface area contributed by atoms with E-state index in [2.05, 4.69) is 4.40 Å². The summed E-state index contributed by atoms with van der Waals surface area (Å²) < 4.78 is 9.76. The summed E-state index contributed by atoms with van der Waals surface area (Å²) in [4.78, 5) is 37.7. The highest BCUT2D eigenvalue weighted by Gasteiger charge is 2.54. The summed E-state index contributed by atoms with van der Waals surface area (Å²) in [5, 5.41) is 10.9. The molecule has 0 aromatic heterocycles. The van der Waals surface area contributed by atoms with Crippen LogP contribution in [0.5, 0.6) is 0 Å². The molecule has 0 N–H and O–H groups in total. The lowest BCUT2D eigenvalue weighted by Gasteiger charge is -2.49. The van der Waals surface area contributed by atoms with E-state index in [1.165, 1.54) is 17.8 Å². The third-order valence-electron chi connectivity index (χ3n) is 4.27.